The zero-order chi connectivity index (χ0) is 24.1. The normalized spacial score (nSPS) is 20.6. The van der Waals surface area contributed by atoms with E-state index in [9.17, 15) is 4.79 Å². The average molecular weight is 477 g/mol. The molecule has 2 saturated heterocycles. The molecule has 0 saturated carbocycles. The zero-order valence-electron chi connectivity index (χ0n) is 19.8. The van der Waals surface area contributed by atoms with Gasteiger partial charge in [-0.1, -0.05) is 35.0 Å². The zero-order valence-corrected chi connectivity index (χ0v) is 19.8. The fraction of sp³-hybridized carbons (Fsp3) is 0.458. The molecule has 2 aliphatic rings. The van der Waals surface area contributed by atoms with Crippen molar-refractivity contribution in [3.8, 4) is 0 Å². The van der Waals surface area contributed by atoms with Gasteiger partial charge in [-0.05, 0) is 32.4 Å². The number of hydrogen-bond acceptors (Lipinski definition) is 9. The van der Waals surface area contributed by atoms with Gasteiger partial charge >= 0.3 is 0 Å². The van der Waals surface area contributed by atoms with Crippen molar-refractivity contribution in [1.29, 1.82) is 0 Å². The van der Waals surface area contributed by atoms with Crippen molar-refractivity contribution < 1.29 is 9.26 Å². The molecule has 0 amide bonds. The Morgan fingerprint density at radius 1 is 1.14 bits per heavy atom. The van der Waals surface area contributed by atoms with Crippen LogP contribution in [0.25, 0.3) is 5.52 Å². The summed E-state index contributed by atoms with van der Waals surface area (Å²) in [7, 11) is 0. The van der Waals surface area contributed by atoms with Crippen molar-refractivity contribution in [3.05, 3.63) is 69.5 Å². The van der Waals surface area contributed by atoms with Crippen LogP contribution in [0, 0.1) is 19.8 Å². The third-order valence-electron chi connectivity index (χ3n) is 6.96. The van der Waals surface area contributed by atoms with Gasteiger partial charge < -0.3 is 19.9 Å². The first-order chi connectivity index (χ1) is 17.0. The summed E-state index contributed by atoms with van der Waals surface area (Å²) < 4.78 is 14.6. The molecule has 2 aliphatic heterocycles. The Morgan fingerprint density at radius 2 is 1.94 bits per heavy atom. The first kappa shape index (κ1) is 21.9. The number of ether oxygens (including phenoxy) is 1. The highest BCUT2D eigenvalue weighted by atomic mass is 16.5. The fourth-order valence-electron chi connectivity index (χ4n) is 4.82. The lowest BCUT2D eigenvalue weighted by atomic mass is 9.99. The van der Waals surface area contributed by atoms with Crippen LogP contribution in [0.2, 0.25) is 0 Å². The minimum Gasteiger partial charge on any atom is -0.373 e. The molecule has 0 bridgehead atoms. The molecule has 11 heteroatoms. The number of benzene rings is 1. The summed E-state index contributed by atoms with van der Waals surface area (Å²) in [6, 6.07) is 8.38. The molecule has 2 fully saturated rings. The van der Waals surface area contributed by atoms with E-state index in [2.05, 4.69) is 56.3 Å². The predicted octanol–water partition coefficient (Wildman–Crippen LogP) is 1.58. The van der Waals surface area contributed by atoms with Gasteiger partial charge in [0.25, 0.3) is 5.56 Å². The first-order valence-corrected chi connectivity index (χ1v) is 11.9. The van der Waals surface area contributed by atoms with Crippen molar-refractivity contribution in [2.24, 2.45) is 11.7 Å². The number of aromatic nitrogens is 6. The third-order valence-corrected chi connectivity index (χ3v) is 6.96. The van der Waals surface area contributed by atoms with Gasteiger partial charge in [0.15, 0.2) is 11.3 Å². The highest BCUT2D eigenvalue weighted by molar-refractivity contribution is 5.56. The monoisotopic (exact) mass is 476 g/mol. The predicted molar refractivity (Wildman–Crippen MR) is 127 cm³/mol. The van der Waals surface area contributed by atoms with Gasteiger partial charge in [-0.2, -0.15) is 14.6 Å². The Morgan fingerprint density at radius 3 is 2.71 bits per heavy atom. The molecule has 11 nitrogen and oxygen atoms in total. The van der Waals surface area contributed by atoms with Crippen LogP contribution in [-0.4, -0.2) is 55.5 Å². The summed E-state index contributed by atoms with van der Waals surface area (Å²) in [5.74, 6) is 2.14. The lowest BCUT2D eigenvalue weighted by Gasteiger charge is -2.38. The number of rotatable bonds is 6. The smallest absolute Gasteiger partial charge is 0.280 e. The third kappa shape index (κ3) is 3.90. The molecule has 2 N–H and O–H groups in total. The van der Waals surface area contributed by atoms with E-state index in [0.717, 1.165) is 25.1 Å². The number of nitrogens with two attached hydrogens (primary N) is 1. The summed E-state index contributed by atoms with van der Waals surface area (Å²) in [5.41, 5.74) is 9.00. The van der Waals surface area contributed by atoms with Crippen LogP contribution in [0.5, 0.6) is 0 Å². The van der Waals surface area contributed by atoms with E-state index in [1.54, 1.807) is 4.52 Å². The van der Waals surface area contributed by atoms with Crippen LogP contribution in [0.15, 0.2) is 39.9 Å². The molecule has 5 heterocycles. The van der Waals surface area contributed by atoms with E-state index in [4.69, 9.17) is 15.0 Å². The summed E-state index contributed by atoms with van der Waals surface area (Å²) in [6.45, 7) is 6.85. The van der Waals surface area contributed by atoms with Crippen LogP contribution in [0.3, 0.4) is 0 Å². The van der Waals surface area contributed by atoms with Gasteiger partial charge in [0.05, 0.1) is 18.4 Å². The number of imidazole rings is 1. The highest BCUT2D eigenvalue weighted by Crippen LogP contribution is 2.37. The molecule has 1 aromatic carbocycles. The van der Waals surface area contributed by atoms with Gasteiger partial charge in [0.1, 0.15) is 12.9 Å². The van der Waals surface area contributed by atoms with Crippen molar-refractivity contribution in [2.75, 3.05) is 31.1 Å². The van der Waals surface area contributed by atoms with Crippen molar-refractivity contribution >= 4 is 11.5 Å². The maximum absolute atomic E-state index is 13.2. The maximum atomic E-state index is 13.2. The van der Waals surface area contributed by atoms with Gasteiger partial charge in [0, 0.05) is 24.9 Å². The average Bonchev–Trinajstić information content (AvgIpc) is 3.55. The molecule has 4 aromatic rings. The van der Waals surface area contributed by atoms with Crippen molar-refractivity contribution in [2.45, 2.75) is 38.8 Å². The molecule has 0 unspecified atom stereocenters. The van der Waals surface area contributed by atoms with Crippen LogP contribution >= 0.6 is 0 Å². The largest absolute Gasteiger partial charge is 0.373 e. The van der Waals surface area contributed by atoms with Gasteiger partial charge in [-0.15, -0.1) is 0 Å². The molecule has 0 radical (unpaired) electrons. The minimum absolute atomic E-state index is 0.0161. The first-order valence-electron chi connectivity index (χ1n) is 11.9. The quantitative estimate of drug-likeness (QED) is 0.441. The van der Waals surface area contributed by atoms with Crippen molar-refractivity contribution in [1.82, 2.24) is 29.3 Å². The molecular weight excluding hydrogens is 448 g/mol. The Balaban J connectivity index is 1.18. The summed E-state index contributed by atoms with van der Waals surface area (Å²) in [6.07, 6.45) is 2.30. The summed E-state index contributed by atoms with van der Waals surface area (Å²) in [5, 5.41) is 8.65. The summed E-state index contributed by atoms with van der Waals surface area (Å²) in [4.78, 5) is 24.5. The molecule has 0 aliphatic carbocycles. The van der Waals surface area contributed by atoms with E-state index in [0.29, 0.717) is 47.9 Å². The number of anilines is 1. The Kier molecular flexibility index (Phi) is 5.37. The van der Waals surface area contributed by atoms with Crippen molar-refractivity contribution in [3.63, 3.8) is 0 Å². The minimum atomic E-state index is -0.199. The number of nitrogens with zero attached hydrogens (tertiary/aromatic N) is 7. The van der Waals surface area contributed by atoms with E-state index in [1.807, 2.05) is 6.92 Å². The van der Waals surface area contributed by atoms with Crippen LogP contribution in [0.1, 0.15) is 47.0 Å². The SMILES string of the molecule is Cc1ccc([C@H]2C[C@H](c3noc(Cn4cnn5c(N6CC(CN)C6)nc(C)c5c4=O)n3)CO2)cc1. The number of hydrogen-bond donors (Lipinski definition) is 1. The number of aryl methyl sites for hydroxylation is 2. The maximum Gasteiger partial charge on any atom is 0.280 e. The van der Waals surface area contributed by atoms with E-state index in [-0.39, 0.29) is 24.1 Å². The number of fused-ring (bicyclic) bond motifs is 1. The molecule has 3 aromatic heterocycles. The van der Waals surface area contributed by atoms with E-state index < -0.39 is 0 Å². The van der Waals surface area contributed by atoms with E-state index in [1.165, 1.54) is 16.5 Å². The molecular formula is C24H28N8O3. The fourth-order valence-corrected chi connectivity index (χ4v) is 4.82. The second kappa shape index (κ2) is 8.58. The standard InChI is InChI=1S/C24H28N8O3/c1-14-3-5-17(6-4-14)19-7-18(12-34-19)22-28-20(35-29-22)11-31-13-26-32-21(23(31)33)15(2)27-24(32)30-9-16(8-25)10-30/h3-6,13,16,18-19H,7-12,25H2,1-2H3/t18-,19+/m0/s1. The lowest BCUT2D eigenvalue weighted by Crippen LogP contribution is -2.50. The lowest BCUT2D eigenvalue weighted by molar-refractivity contribution is 0.110. The molecule has 6 rings (SSSR count). The van der Waals surface area contributed by atoms with Gasteiger partial charge in [0.2, 0.25) is 11.8 Å². The van der Waals surface area contributed by atoms with Gasteiger partial charge in [-0.3, -0.25) is 9.36 Å². The Labute approximate surface area is 201 Å². The van der Waals surface area contributed by atoms with Crippen LogP contribution in [-0.2, 0) is 11.3 Å². The molecule has 35 heavy (non-hydrogen) atoms. The topological polar surface area (TPSA) is 130 Å². The second-order valence-corrected chi connectivity index (χ2v) is 9.54. The van der Waals surface area contributed by atoms with E-state index >= 15 is 0 Å². The molecule has 2 atom stereocenters. The Hall–Kier alpha value is -3.57. The summed E-state index contributed by atoms with van der Waals surface area (Å²) >= 11 is 0. The second-order valence-electron chi connectivity index (χ2n) is 9.54. The van der Waals surface area contributed by atoms with Gasteiger partial charge in [-0.25, -0.2) is 4.98 Å². The molecule has 0 spiro atoms. The highest BCUT2D eigenvalue weighted by Gasteiger charge is 2.32. The van der Waals surface area contributed by atoms with Crippen LogP contribution in [0.4, 0.5) is 5.95 Å². The van der Waals surface area contributed by atoms with Crippen LogP contribution < -0.4 is 16.2 Å². The Bertz CT molecular complexity index is 1420. The molecule has 182 valence electrons.